The maximum atomic E-state index is 6.37. The monoisotopic (exact) mass is 316 g/mol. The third-order valence-corrected chi connectivity index (χ3v) is 5.05. The number of benzene rings is 1. The summed E-state index contributed by atoms with van der Waals surface area (Å²) in [6.45, 7) is 4.59. The Kier molecular flexibility index (Phi) is 6.33. The number of rotatable bonds is 2. The van der Waals surface area contributed by atoms with Gasteiger partial charge in [-0.2, -0.15) is 0 Å². The van der Waals surface area contributed by atoms with Crippen molar-refractivity contribution in [2.24, 2.45) is 11.1 Å². The average molecular weight is 317 g/mol. The molecule has 0 bridgehead atoms. The summed E-state index contributed by atoms with van der Waals surface area (Å²) in [5, 5.41) is 0. The highest BCUT2D eigenvalue weighted by atomic mass is 35.5. The second-order valence-electron chi connectivity index (χ2n) is 6.35. The van der Waals surface area contributed by atoms with Crippen LogP contribution in [-0.4, -0.2) is 23.5 Å². The molecule has 1 heterocycles. The highest BCUT2D eigenvalue weighted by Crippen LogP contribution is 2.48. The smallest absolute Gasteiger partial charge is 0.0237 e. The minimum absolute atomic E-state index is 0. The molecule has 1 aliphatic heterocycles. The molecule has 114 valence electrons. The van der Waals surface area contributed by atoms with E-state index in [1.54, 1.807) is 0 Å². The van der Waals surface area contributed by atoms with E-state index in [9.17, 15) is 0 Å². The highest BCUT2D eigenvalue weighted by molar-refractivity contribution is 5.85. The van der Waals surface area contributed by atoms with Crippen molar-refractivity contribution >= 4 is 24.8 Å². The number of nitrogens with zero attached hydrogens (tertiary/aromatic N) is 1. The predicted molar refractivity (Wildman–Crippen MR) is 89.7 cm³/mol. The minimum atomic E-state index is 0. The van der Waals surface area contributed by atoms with Crippen molar-refractivity contribution in [3.8, 4) is 0 Å². The fraction of sp³-hybridized carbons (Fsp3) is 0.625. The maximum Gasteiger partial charge on any atom is 0.0237 e. The van der Waals surface area contributed by atoms with E-state index in [1.807, 2.05) is 0 Å². The van der Waals surface area contributed by atoms with Gasteiger partial charge < -0.3 is 5.73 Å². The van der Waals surface area contributed by atoms with Crippen molar-refractivity contribution in [2.75, 3.05) is 6.54 Å². The summed E-state index contributed by atoms with van der Waals surface area (Å²) in [6, 6.07) is 11.6. The zero-order valence-electron chi connectivity index (χ0n) is 12.1. The first-order chi connectivity index (χ1) is 8.69. The molecule has 1 saturated carbocycles. The lowest BCUT2D eigenvalue weighted by Crippen LogP contribution is -2.59. The summed E-state index contributed by atoms with van der Waals surface area (Å²) in [7, 11) is 0. The molecule has 2 unspecified atom stereocenters. The van der Waals surface area contributed by atoms with Crippen LogP contribution in [0.5, 0.6) is 0 Å². The van der Waals surface area contributed by atoms with Gasteiger partial charge in [0.05, 0.1) is 0 Å². The topological polar surface area (TPSA) is 29.3 Å². The van der Waals surface area contributed by atoms with E-state index < -0.39 is 0 Å². The van der Waals surface area contributed by atoms with Gasteiger partial charge in [0.15, 0.2) is 0 Å². The lowest BCUT2D eigenvalue weighted by Gasteiger charge is -2.53. The summed E-state index contributed by atoms with van der Waals surface area (Å²) >= 11 is 0. The van der Waals surface area contributed by atoms with Crippen molar-refractivity contribution < 1.29 is 0 Å². The average Bonchev–Trinajstić information content (AvgIpc) is 2.34. The molecule has 2 N–H and O–H groups in total. The number of halogens is 2. The van der Waals surface area contributed by atoms with Crippen LogP contribution in [0.1, 0.15) is 38.2 Å². The third kappa shape index (κ3) is 3.48. The fourth-order valence-corrected chi connectivity index (χ4v) is 3.64. The first-order valence-electron chi connectivity index (χ1n) is 7.22. The summed E-state index contributed by atoms with van der Waals surface area (Å²) in [5.74, 6) is 0. The number of piperidine rings is 1. The normalized spacial score (nSPS) is 28.1. The van der Waals surface area contributed by atoms with Crippen LogP contribution in [0.15, 0.2) is 30.3 Å². The Morgan fingerprint density at radius 1 is 1.20 bits per heavy atom. The molecule has 2 nitrogen and oxygen atoms in total. The zero-order valence-corrected chi connectivity index (χ0v) is 13.8. The molecule has 1 aliphatic carbocycles. The van der Waals surface area contributed by atoms with Crippen molar-refractivity contribution in [1.82, 2.24) is 4.90 Å². The quantitative estimate of drug-likeness (QED) is 0.903. The highest BCUT2D eigenvalue weighted by Gasteiger charge is 2.45. The van der Waals surface area contributed by atoms with E-state index in [2.05, 4.69) is 42.2 Å². The molecule has 20 heavy (non-hydrogen) atoms. The maximum absolute atomic E-state index is 6.37. The fourth-order valence-electron chi connectivity index (χ4n) is 3.64. The van der Waals surface area contributed by atoms with Crippen molar-refractivity contribution in [3.05, 3.63) is 35.9 Å². The van der Waals surface area contributed by atoms with E-state index in [0.29, 0.717) is 17.5 Å². The van der Waals surface area contributed by atoms with E-state index in [-0.39, 0.29) is 24.8 Å². The predicted octanol–water partition coefficient (Wildman–Crippen LogP) is 3.62. The first-order valence-corrected chi connectivity index (χ1v) is 7.22. The molecule has 2 aliphatic rings. The van der Waals surface area contributed by atoms with Gasteiger partial charge in [-0.15, -0.1) is 24.8 Å². The Bertz CT molecular complexity index is 406. The summed E-state index contributed by atoms with van der Waals surface area (Å²) < 4.78 is 0. The van der Waals surface area contributed by atoms with Crippen molar-refractivity contribution in [2.45, 2.75) is 51.2 Å². The Balaban J connectivity index is 0.000001000. The van der Waals surface area contributed by atoms with Crippen LogP contribution in [0.25, 0.3) is 0 Å². The van der Waals surface area contributed by atoms with E-state index in [0.717, 1.165) is 6.54 Å². The van der Waals surface area contributed by atoms with Gasteiger partial charge in [-0.3, -0.25) is 4.90 Å². The SMILES string of the molecule is CC1C(N)CC2(CCC2)CN1Cc1ccccc1.Cl.Cl. The Morgan fingerprint density at radius 3 is 2.40 bits per heavy atom. The molecule has 4 heteroatoms. The standard InChI is InChI=1S/C16H24N2.2ClH/c1-13-15(17)10-16(8-5-9-16)12-18(13)11-14-6-3-2-4-7-14;;/h2-4,6-7,13,15H,5,8-12,17H2,1H3;2*1H. The number of hydrogen-bond donors (Lipinski definition) is 1. The third-order valence-electron chi connectivity index (χ3n) is 5.05. The van der Waals surface area contributed by atoms with Crippen molar-refractivity contribution in [3.63, 3.8) is 0 Å². The molecule has 2 fully saturated rings. The Hall–Kier alpha value is -0.280. The number of hydrogen-bond acceptors (Lipinski definition) is 2. The van der Waals surface area contributed by atoms with Gasteiger partial charge in [-0.25, -0.2) is 0 Å². The molecule has 3 rings (SSSR count). The lowest BCUT2D eigenvalue weighted by atomic mass is 9.62. The molecule has 2 atom stereocenters. The van der Waals surface area contributed by atoms with Crippen LogP contribution in [-0.2, 0) is 6.54 Å². The first kappa shape index (κ1) is 17.8. The van der Waals surface area contributed by atoms with Gasteiger partial charge in [-0.1, -0.05) is 36.8 Å². The minimum Gasteiger partial charge on any atom is -0.326 e. The molecule has 0 aromatic heterocycles. The van der Waals surface area contributed by atoms with Gasteiger partial charge in [0.25, 0.3) is 0 Å². The summed E-state index contributed by atoms with van der Waals surface area (Å²) in [5.41, 5.74) is 8.33. The summed E-state index contributed by atoms with van der Waals surface area (Å²) in [4.78, 5) is 2.60. The molecular formula is C16H26Cl2N2. The molecule has 1 aromatic carbocycles. The molecule has 1 spiro atoms. The van der Waals surface area contributed by atoms with Crippen LogP contribution < -0.4 is 5.73 Å². The van der Waals surface area contributed by atoms with Crippen LogP contribution in [0.2, 0.25) is 0 Å². The van der Waals surface area contributed by atoms with E-state index in [4.69, 9.17) is 5.73 Å². The lowest BCUT2D eigenvalue weighted by molar-refractivity contribution is -0.0223. The van der Waals surface area contributed by atoms with E-state index in [1.165, 1.54) is 37.8 Å². The Labute approximate surface area is 134 Å². The summed E-state index contributed by atoms with van der Waals surface area (Å²) in [6.07, 6.45) is 5.41. The van der Waals surface area contributed by atoms with Crippen LogP contribution in [0.3, 0.4) is 0 Å². The zero-order chi connectivity index (χ0) is 12.6. The van der Waals surface area contributed by atoms with Gasteiger partial charge >= 0.3 is 0 Å². The Morgan fingerprint density at radius 2 is 1.85 bits per heavy atom. The van der Waals surface area contributed by atoms with Gasteiger partial charge in [-0.05, 0) is 37.2 Å². The number of likely N-dealkylation sites (tertiary alicyclic amines) is 1. The second kappa shape index (κ2) is 7.13. The molecule has 0 amide bonds. The number of nitrogens with two attached hydrogens (primary N) is 1. The second-order valence-corrected chi connectivity index (χ2v) is 6.35. The van der Waals surface area contributed by atoms with Crippen LogP contribution in [0, 0.1) is 5.41 Å². The molecule has 1 aromatic rings. The van der Waals surface area contributed by atoms with Crippen molar-refractivity contribution in [1.29, 1.82) is 0 Å². The van der Waals surface area contributed by atoms with Crippen LogP contribution >= 0.6 is 24.8 Å². The van der Waals surface area contributed by atoms with Gasteiger partial charge in [0.2, 0.25) is 0 Å². The van der Waals surface area contributed by atoms with Gasteiger partial charge in [0, 0.05) is 25.2 Å². The molecule has 0 radical (unpaired) electrons. The van der Waals surface area contributed by atoms with E-state index >= 15 is 0 Å². The van der Waals surface area contributed by atoms with Crippen LogP contribution in [0.4, 0.5) is 0 Å². The largest absolute Gasteiger partial charge is 0.326 e. The molecular weight excluding hydrogens is 291 g/mol. The van der Waals surface area contributed by atoms with Gasteiger partial charge in [0.1, 0.15) is 0 Å². The molecule has 1 saturated heterocycles.